The largest absolute Gasteiger partial charge is 0.488 e. The van der Waals surface area contributed by atoms with Crippen LogP contribution in [0.5, 0.6) is 0 Å². The molecule has 0 aromatic carbocycles. The number of fused-ring (bicyclic) bond motifs is 1. The summed E-state index contributed by atoms with van der Waals surface area (Å²) in [4.78, 5) is 0. The molecule has 9 heteroatoms. The second kappa shape index (κ2) is 6.49. The maximum Gasteiger partial charge on any atom is 0.488 e. The van der Waals surface area contributed by atoms with E-state index >= 15 is 0 Å². The minimum absolute atomic E-state index is 0.401. The summed E-state index contributed by atoms with van der Waals surface area (Å²) in [5, 5.41) is -0.401. The third-order valence-electron chi connectivity index (χ3n) is 6.96. The summed E-state index contributed by atoms with van der Waals surface area (Å²) in [5.74, 6) is 0. The van der Waals surface area contributed by atoms with Crippen molar-refractivity contribution in [3.63, 3.8) is 0 Å². The van der Waals surface area contributed by atoms with Gasteiger partial charge in [-0.25, -0.2) is 0 Å². The van der Waals surface area contributed by atoms with Gasteiger partial charge in [0.05, 0.1) is 16.2 Å². The van der Waals surface area contributed by atoms with Gasteiger partial charge in [-0.15, -0.1) is 0 Å². The first-order valence-electron chi connectivity index (χ1n) is 9.29. The first kappa shape index (κ1) is 21.7. The second-order valence-electron chi connectivity index (χ2n) is 7.94. The molecular weight excluding hydrogens is 372 g/mol. The molecule has 2 rings (SSSR count). The molecule has 2 aliphatic heterocycles. The van der Waals surface area contributed by atoms with Crippen LogP contribution in [0.25, 0.3) is 0 Å². The van der Waals surface area contributed by atoms with Crippen molar-refractivity contribution >= 4 is 26.2 Å². The zero-order valence-corrected chi connectivity index (χ0v) is 20.6. The Bertz CT molecular complexity index is 486. The van der Waals surface area contributed by atoms with Crippen LogP contribution in [0.1, 0.15) is 54.4 Å². The summed E-state index contributed by atoms with van der Waals surface area (Å²) in [5.41, 5.74) is -0.919. The van der Waals surface area contributed by atoms with Crippen LogP contribution < -0.4 is 0 Å². The van der Waals surface area contributed by atoms with E-state index in [0.29, 0.717) is 0 Å². The van der Waals surface area contributed by atoms with E-state index in [2.05, 4.69) is 41.5 Å². The molecule has 4 atom stereocenters. The summed E-state index contributed by atoms with van der Waals surface area (Å²) >= 11 is 0. The molecule has 0 spiro atoms. The molecule has 148 valence electrons. The van der Waals surface area contributed by atoms with Crippen molar-refractivity contribution in [3.05, 3.63) is 0 Å². The van der Waals surface area contributed by atoms with Gasteiger partial charge in [0.2, 0.25) is 0 Å². The molecule has 0 aliphatic carbocycles. The van der Waals surface area contributed by atoms with Crippen molar-refractivity contribution in [1.29, 1.82) is 0 Å². The molecule has 2 heterocycles. The monoisotopic (exact) mass is 408 g/mol. The second-order valence-corrected chi connectivity index (χ2v) is 17.5. The summed E-state index contributed by atoms with van der Waals surface area (Å²) in [6.07, 6.45) is 1.67. The SMILES string of the molecule is CCC1(C)O[Si](C)(OC)O[Si]2(CC)O[Si](C)(OC)OC(C)(CC)C12C. The summed E-state index contributed by atoms with van der Waals surface area (Å²) < 4.78 is 38.3. The van der Waals surface area contributed by atoms with Gasteiger partial charge in [0, 0.05) is 27.3 Å². The van der Waals surface area contributed by atoms with Gasteiger partial charge in [0.1, 0.15) is 0 Å². The van der Waals surface area contributed by atoms with Crippen molar-refractivity contribution in [2.45, 2.75) is 89.8 Å². The van der Waals surface area contributed by atoms with Crippen LogP contribution in [0.3, 0.4) is 0 Å². The highest BCUT2D eigenvalue weighted by Gasteiger charge is 2.80. The van der Waals surface area contributed by atoms with Gasteiger partial charge in [-0.05, 0) is 32.7 Å². The Morgan fingerprint density at radius 1 is 0.760 bits per heavy atom. The minimum atomic E-state index is -2.82. The summed E-state index contributed by atoms with van der Waals surface area (Å²) in [6, 6.07) is 0.805. The highest BCUT2D eigenvalue weighted by Crippen LogP contribution is 2.68. The molecular formula is C16H36O6Si3. The predicted octanol–water partition coefficient (Wildman–Crippen LogP) is 4.07. The Morgan fingerprint density at radius 3 is 1.36 bits per heavy atom. The van der Waals surface area contributed by atoms with E-state index in [1.54, 1.807) is 14.2 Å². The molecule has 6 nitrogen and oxygen atoms in total. The fraction of sp³-hybridized carbons (Fsp3) is 1.00. The molecule has 4 unspecified atom stereocenters. The third-order valence-corrected chi connectivity index (χ3v) is 19.2. The van der Waals surface area contributed by atoms with Gasteiger partial charge in [0.15, 0.2) is 0 Å². The van der Waals surface area contributed by atoms with E-state index in [0.717, 1.165) is 18.9 Å². The fourth-order valence-electron chi connectivity index (χ4n) is 4.77. The molecule has 0 saturated carbocycles. The first-order valence-corrected chi connectivity index (χ1v) is 15.8. The Kier molecular flexibility index (Phi) is 5.63. The average Bonchev–Trinajstić information content (AvgIpc) is 2.58. The average molecular weight is 409 g/mol. The van der Waals surface area contributed by atoms with E-state index in [9.17, 15) is 0 Å². The quantitative estimate of drug-likeness (QED) is 0.639. The molecule has 0 bridgehead atoms. The summed E-state index contributed by atoms with van der Waals surface area (Å²) in [6.45, 7) is 17.0. The highest BCUT2D eigenvalue weighted by molar-refractivity contribution is 6.87. The van der Waals surface area contributed by atoms with Crippen molar-refractivity contribution in [2.75, 3.05) is 14.2 Å². The third kappa shape index (κ3) is 2.78. The smallest absolute Gasteiger partial charge is 0.393 e. The molecule has 2 saturated heterocycles. The molecule has 0 N–H and O–H groups in total. The van der Waals surface area contributed by atoms with Crippen LogP contribution in [0.2, 0.25) is 24.2 Å². The minimum Gasteiger partial charge on any atom is -0.393 e. The standard InChI is InChI=1S/C16H36O6Si3/c1-11-14(4)16(6)15(5,12-2)20-24(10,18-8)22-25(16,13-3)21-23(9,17-7)19-14/h11-13H2,1-10H3. The van der Waals surface area contributed by atoms with Gasteiger partial charge in [0.25, 0.3) is 0 Å². The number of hydrogen-bond acceptors (Lipinski definition) is 6. The highest BCUT2D eigenvalue weighted by atomic mass is 28.5. The topological polar surface area (TPSA) is 55.4 Å². The van der Waals surface area contributed by atoms with E-state index in [4.69, 9.17) is 25.9 Å². The van der Waals surface area contributed by atoms with Gasteiger partial charge in [-0.1, -0.05) is 27.7 Å². The summed E-state index contributed by atoms with van der Waals surface area (Å²) in [7, 11) is -5.09. The van der Waals surface area contributed by atoms with E-state index < -0.39 is 42.4 Å². The molecule has 2 aliphatic rings. The molecule has 0 aromatic heterocycles. The normalized spacial score (nSPS) is 53.5. The zero-order chi connectivity index (χ0) is 19.4. The molecule has 0 aromatic rings. The van der Waals surface area contributed by atoms with Gasteiger partial charge >= 0.3 is 26.2 Å². The first-order chi connectivity index (χ1) is 11.4. The molecule has 0 radical (unpaired) electrons. The van der Waals surface area contributed by atoms with Gasteiger partial charge < -0.3 is 25.9 Å². The fourth-order valence-corrected chi connectivity index (χ4v) is 19.4. The lowest BCUT2D eigenvalue weighted by molar-refractivity contribution is -0.162. The Morgan fingerprint density at radius 2 is 1.12 bits per heavy atom. The molecule has 0 amide bonds. The lowest BCUT2D eigenvalue weighted by Crippen LogP contribution is -2.83. The predicted molar refractivity (Wildman–Crippen MR) is 104 cm³/mol. The maximum atomic E-state index is 6.74. The lowest BCUT2D eigenvalue weighted by atomic mass is 9.74. The number of rotatable bonds is 5. The van der Waals surface area contributed by atoms with Crippen molar-refractivity contribution in [3.8, 4) is 0 Å². The Labute approximate surface area is 156 Å². The van der Waals surface area contributed by atoms with Crippen LogP contribution in [0, 0.1) is 0 Å². The van der Waals surface area contributed by atoms with Crippen LogP contribution in [0.15, 0.2) is 0 Å². The molecule has 2 fully saturated rings. The van der Waals surface area contributed by atoms with Crippen molar-refractivity contribution < 1.29 is 25.9 Å². The Hall–Kier alpha value is 0.411. The zero-order valence-electron chi connectivity index (χ0n) is 17.6. The maximum absolute atomic E-state index is 6.74. The van der Waals surface area contributed by atoms with Crippen LogP contribution in [-0.4, -0.2) is 51.6 Å². The van der Waals surface area contributed by atoms with E-state index in [-0.39, 0.29) is 0 Å². The van der Waals surface area contributed by atoms with Crippen LogP contribution in [-0.2, 0) is 25.9 Å². The van der Waals surface area contributed by atoms with E-state index in [1.165, 1.54) is 0 Å². The van der Waals surface area contributed by atoms with Crippen LogP contribution in [0.4, 0.5) is 0 Å². The van der Waals surface area contributed by atoms with Crippen LogP contribution >= 0.6 is 0 Å². The molecule has 25 heavy (non-hydrogen) atoms. The van der Waals surface area contributed by atoms with Crippen molar-refractivity contribution in [2.24, 2.45) is 0 Å². The lowest BCUT2D eigenvalue weighted by Gasteiger charge is -2.70. The van der Waals surface area contributed by atoms with Gasteiger partial charge in [-0.2, -0.15) is 0 Å². The van der Waals surface area contributed by atoms with E-state index in [1.807, 2.05) is 13.1 Å². The van der Waals surface area contributed by atoms with Gasteiger partial charge in [-0.3, -0.25) is 0 Å². The van der Waals surface area contributed by atoms with Crippen molar-refractivity contribution in [1.82, 2.24) is 0 Å². The Balaban J connectivity index is 2.77. The number of hydrogen-bond donors (Lipinski definition) is 0.